The van der Waals surface area contributed by atoms with Gasteiger partial charge in [-0.3, -0.25) is 4.68 Å². The lowest BCUT2D eigenvalue weighted by molar-refractivity contribution is 0.190. The van der Waals surface area contributed by atoms with Gasteiger partial charge in [0.25, 0.3) is 0 Å². The zero-order valence-corrected chi connectivity index (χ0v) is 13.1. The molecule has 1 aliphatic heterocycles. The predicted octanol–water partition coefficient (Wildman–Crippen LogP) is 2.27. The van der Waals surface area contributed by atoms with Gasteiger partial charge in [-0.2, -0.15) is 5.10 Å². The number of hydrogen-bond donors (Lipinski definition) is 1. The number of nitrogens with one attached hydrogen (secondary N) is 1. The van der Waals surface area contributed by atoms with E-state index in [-0.39, 0.29) is 18.1 Å². The van der Waals surface area contributed by atoms with Gasteiger partial charge in [0.15, 0.2) is 0 Å². The van der Waals surface area contributed by atoms with E-state index in [4.69, 9.17) is 0 Å². The molecule has 0 unspecified atom stereocenters. The molecule has 0 aliphatic carbocycles. The summed E-state index contributed by atoms with van der Waals surface area (Å²) in [5, 5.41) is 7.01. The average Bonchev–Trinajstić information content (AvgIpc) is 2.86. The van der Waals surface area contributed by atoms with E-state index in [1.807, 2.05) is 20.0 Å². The Balaban J connectivity index is 1.67. The molecule has 0 saturated carbocycles. The number of fused-ring (bicyclic) bond motifs is 1. The van der Waals surface area contributed by atoms with E-state index < -0.39 is 11.6 Å². The molecule has 1 aliphatic rings. The average molecular weight is 320 g/mol. The summed E-state index contributed by atoms with van der Waals surface area (Å²) in [5.41, 5.74) is 2.39. The number of hydrogen-bond acceptors (Lipinski definition) is 2. The SMILES string of the molecule is Cc1cc(CNC(=O)N2CCc3c(F)ccc(F)c3C2)n(C)n1. The number of aryl methyl sites for hydroxylation is 2. The fourth-order valence-corrected chi connectivity index (χ4v) is 2.87. The van der Waals surface area contributed by atoms with Crippen LogP contribution < -0.4 is 5.32 Å². The van der Waals surface area contributed by atoms with Crippen LogP contribution in [0.4, 0.5) is 13.6 Å². The molecule has 1 aromatic heterocycles. The van der Waals surface area contributed by atoms with Crippen molar-refractivity contribution in [1.82, 2.24) is 20.0 Å². The highest BCUT2D eigenvalue weighted by atomic mass is 19.1. The minimum Gasteiger partial charge on any atom is -0.332 e. The molecule has 0 bridgehead atoms. The van der Waals surface area contributed by atoms with E-state index in [2.05, 4.69) is 10.4 Å². The summed E-state index contributed by atoms with van der Waals surface area (Å²) in [7, 11) is 1.81. The lowest BCUT2D eigenvalue weighted by Crippen LogP contribution is -2.43. The fourth-order valence-electron chi connectivity index (χ4n) is 2.87. The molecule has 1 N–H and O–H groups in total. The van der Waals surface area contributed by atoms with Crippen LogP contribution in [0.15, 0.2) is 18.2 Å². The van der Waals surface area contributed by atoms with Crippen LogP contribution in [-0.2, 0) is 26.6 Å². The van der Waals surface area contributed by atoms with Gasteiger partial charge in [-0.15, -0.1) is 0 Å². The van der Waals surface area contributed by atoms with Crippen molar-refractivity contribution in [2.45, 2.75) is 26.4 Å². The fraction of sp³-hybridized carbons (Fsp3) is 0.375. The van der Waals surface area contributed by atoms with Gasteiger partial charge in [-0.05, 0) is 37.1 Å². The first-order valence-corrected chi connectivity index (χ1v) is 7.43. The Morgan fingerprint density at radius 1 is 1.30 bits per heavy atom. The van der Waals surface area contributed by atoms with E-state index >= 15 is 0 Å². The summed E-state index contributed by atoms with van der Waals surface area (Å²) in [4.78, 5) is 13.8. The number of benzene rings is 1. The second kappa shape index (κ2) is 5.98. The van der Waals surface area contributed by atoms with Crippen molar-refractivity contribution in [2.75, 3.05) is 6.54 Å². The highest BCUT2D eigenvalue weighted by Crippen LogP contribution is 2.24. The van der Waals surface area contributed by atoms with E-state index in [1.54, 1.807) is 4.68 Å². The van der Waals surface area contributed by atoms with Crippen LogP contribution in [0.3, 0.4) is 0 Å². The second-order valence-electron chi connectivity index (χ2n) is 5.72. The van der Waals surface area contributed by atoms with Gasteiger partial charge < -0.3 is 10.2 Å². The van der Waals surface area contributed by atoms with E-state index in [0.29, 0.717) is 25.1 Å². The standard InChI is InChI=1S/C16H18F2N4O/c1-10-7-11(21(2)20-10)8-19-16(23)22-6-5-12-13(9-22)15(18)4-3-14(12)17/h3-4,7H,5-6,8-9H2,1-2H3,(H,19,23). The third kappa shape index (κ3) is 3.04. The largest absolute Gasteiger partial charge is 0.332 e. The Morgan fingerprint density at radius 3 is 2.65 bits per heavy atom. The molecule has 0 radical (unpaired) electrons. The molecular weight excluding hydrogens is 302 g/mol. The quantitative estimate of drug-likeness (QED) is 0.923. The third-order valence-corrected chi connectivity index (χ3v) is 4.10. The number of urea groups is 1. The molecule has 1 aromatic carbocycles. The molecule has 0 fully saturated rings. The monoisotopic (exact) mass is 320 g/mol. The second-order valence-corrected chi connectivity index (χ2v) is 5.72. The molecule has 0 saturated heterocycles. The van der Waals surface area contributed by atoms with Crippen molar-refractivity contribution in [1.29, 1.82) is 0 Å². The zero-order chi connectivity index (χ0) is 16.6. The van der Waals surface area contributed by atoms with E-state index in [1.165, 1.54) is 4.90 Å². The number of carbonyl (C=O) groups excluding carboxylic acids is 1. The number of halogens is 2. The molecule has 3 rings (SSSR count). The van der Waals surface area contributed by atoms with E-state index in [9.17, 15) is 13.6 Å². The molecule has 0 atom stereocenters. The molecule has 2 amide bonds. The van der Waals surface area contributed by atoms with Crippen LogP contribution in [-0.4, -0.2) is 27.3 Å². The first-order valence-electron chi connectivity index (χ1n) is 7.43. The van der Waals surface area contributed by atoms with E-state index in [0.717, 1.165) is 23.5 Å². The van der Waals surface area contributed by atoms with Gasteiger partial charge >= 0.3 is 6.03 Å². The van der Waals surface area contributed by atoms with Gasteiger partial charge in [0.05, 0.1) is 24.5 Å². The Hall–Kier alpha value is -2.44. The Bertz CT molecular complexity index is 757. The van der Waals surface area contributed by atoms with Gasteiger partial charge in [-0.25, -0.2) is 13.6 Å². The molecular formula is C16H18F2N4O. The van der Waals surface area contributed by atoms with Crippen LogP contribution in [0.5, 0.6) is 0 Å². The zero-order valence-electron chi connectivity index (χ0n) is 13.1. The lowest BCUT2D eigenvalue weighted by atomic mass is 9.99. The summed E-state index contributed by atoms with van der Waals surface area (Å²) in [5.74, 6) is -0.882. The summed E-state index contributed by atoms with van der Waals surface area (Å²) in [6.45, 7) is 2.66. The van der Waals surface area contributed by atoms with Gasteiger partial charge in [-0.1, -0.05) is 0 Å². The molecule has 2 heterocycles. The maximum atomic E-state index is 13.9. The molecule has 2 aromatic rings. The number of amides is 2. The van der Waals surface area contributed by atoms with Crippen LogP contribution in [0.25, 0.3) is 0 Å². The van der Waals surface area contributed by atoms with Gasteiger partial charge in [0, 0.05) is 19.2 Å². The van der Waals surface area contributed by atoms with Crippen molar-refractivity contribution in [3.05, 3.63) is 52.3 Å². The van der Waals surface area contributed by atoms with Gasteiger partial charge in [0.1, 0.15) is 11.6 Å². The number of aromatic nitrogens is 2. The normalized spacial score (nSPS) is 13.8. The molecule has 7 heteroatoms. The topological polar surface area (TPSA) is 50.2 Å². The molecule has 23 heavy (non-hydrogen) atoms. The van der Waals surface area contributed by atoms with Crippen LogP contribution in [0.2, 0.25) is 0 Å². The Labute approximate surface area is 132 Å². The summed E-state index contributed by atoms with van der Waals surface area (Å²) < 4.78 is 29.3. The maximum absolute atomic E-state index is 13.9. The number of rotatable bonds is 2. The lowest BCUT2D eigenvalue weighted by Gasteiger charge is -2.29. The summed E-state index contributed by atoms with van der Waals surface area (Å²) in [6, 6.07) is 3.84. The first-order chi connectivity index (χ1) is 11.0. The van der Waals surface area contributed by atoms with Crippen LogP contribution >= 0.6 is 0 Å². The van der Waals surface area contributed by atoms with Crippen molar-refractivity contribution in [3.63, 3.8) is 0 Å². The number of carbonyl (C=O) groups is 1. The smallest absolute Gasteiger partial charge is 0.318 e. The minimum absolute atomic E-state index is 0.0785. The molecule has 5 nitrogen and oxygen atoms in total. The van der Waals surface area contributed by atoms with Crippen molar-refractivity contribution >= 4 is 6.03 Å². The third-order valence-electron chi connectivity index (χ3n) is 4.10. The number of nitrogens with zero attached hydrogens (tertiary/aromatic N) is 3. The van der Waals surface area contributed by atoms with Crippen molar-refractivity contribution in [3.8, 4) is 0 Å². The summed E-state index contributed by atoms with van der Waals surface area (Å²) in [6.07, 6.45) is 0.317. The minimum atomic E-state index is -0.471. The molecule has 0 spiro atoms. The van der Waals surface area contributed by atoms with Crippen molar-refractivity contribution < 1.29 is 13.6 Å². The Kier molecular flexibility index (Phi) is 4.02. The molecule has 122 valence electrons. The highest BCUT2D eigenvalue weighted by molar-refractivity contribution is 5.74. The first kappa shape index (κ1) is 15.5. The highest BCUT2D eigenvalue weighted by Gasteiger charge is 2.25. The predicted molar refractivity (Wildman–Crippen MR) is 80.7 cm³/mol. The Morgan fingerprint density at radius 2 is 2.00 bits per heavy atom. The van der Waals surface area contributed by atoms with Crippen LogP contribution in [0.1, 0.15) is 22.5 Å². The van der Waals surface area contributed by atoms with Crippen molar-refractivity contribution in [2.24, 2.45) is 7.05 Å². The summed E-state index contributed by atoms with van der Waals surface area (Å²) >= 11 is 0. The van der Waals surface area contributed by atoms with Crippen LogP contribution in [0, 0.1) is 18.6 Å². The maximum Gasteiger partial charge on any atom is 0.318 e. The van der Waals surface area contributed by atoms with Gasteiger partial charge in [0.2, 0.25) is 0 Å².